The number of carbonyl (C=O) groups excluding carboxylic acids is 1. The van der Waals surface area contributed by atoms with Crippen LogP contribution in [-0.4, -0.2) is 32.6 Å². The summed E-state index contributed by atoms with van der Waals surface area (Å²) in [6.07, 6.45) is 0.367. The molecule has 4 nitrogen and oxygen atoms in total. The maximum atomic E-state index is 11.8. The van der Waals surface area contributed by atoms with E-state index in [-0.39, 0.29) is 10.7 Å². The van der Waals surface area contributed by atoms with E-state index < -0.39 is 10.0 Å². The zero-order valence-electron chi connectivity index (χ0n) is 9.60. The van der Waals surface area contributed by atoms with Gasteiger partial charge >= 0.3 is 0 Å². The van der Waals surface area contributed by atoms with Gasteiger partial charge in [-0.15, -0.1) is 0 Å². The Balaban J connectivity index is 3.24. The number of sulfonamides is 1. The summed E-state index contributed by atoms with van der Waals surface area (Å²) in [7, 11) is -0.536. The van der Waals surface area contributed by atoms with Crippen LogP contribution in [0, 0.1) is 0 Å². The molecule has 0 atom stereocenters. The Bertz CT molecular complexity index is 492. The van der Waals surface area contributed by atoms with Crippen molar-refractivity contribution >= 4 is 15.8 Å². The first-order chi connectivity index (χ1) is 7.39. The molecule has 0 fully saturated rings. The van der Waals surface area contributed by atoms with Crippen molar-refractivity contribution in [2.75, 3.05) is 14.1 Å². The fourth-order valence-corrected chi connectivity index (χ4v) is 2.19. The van der Waals surface area contributed by atoms with Crippen LogP contribution in [0.1, 0.15) is 23.7 Å². The lowest BCUT2D eigenvalue weighted by Gasteiger charge is -2.11. The fraction of sp³-hybridized carbons (Fsp3) is 0.364. The molecule has 1 rings (SSSR count). The molecule has 1 aromatic carbocycles. The SMILES string of the molecule is CCC(=O)c1cccc(S(=O)(=O)N(C)C)c1. The standard InChI is InChI=1S/C11H15NO3S/c1-4-11(13)9-6-5-7-10(8-9)16(14,15)12(2)3/h5-8H,4H2,1-3H3. The van der Waals surface area contributed by atoms with E-state index in [1.807, 2.05) is 0 Å². The summed E-state index contributed by atoms with van der Waals surface area (Å²) < 4.78 is 24.7. The molecular formula is C11H15NO3S. The second-order valence-electron chi connectivity index (χ2n) is 3.59. The normalized spacial score (nSPS) is 11.8. The Labute approximate surface area is 95.9 Å². The lowest BCUT2D eigenvalue weighted by atomic mass is 10.1. The fourth-order valence-electron chi connectivity index (χ4n) is 1.24. The number of benzene rings is 1. The number of Topliss-reactive ketones (excluding diaryl/α,β-unsaturated/α-hetero) is 1. The molecule has 0 heterocycles. The van der Waals surface area contributed by atoms with Gasteiger partial charge in [0.2, 0.25) is 10.0 Å². The number of hydrogen-bond donors (Lipinski definition) is 0. The van der Waals surface area contributed by atoms with Gasteiger partial charge in [0.1, 0.15) is 0 Å². The molecule has 0 amide bonds. The average molecular weight is 241 g/mol. The summed E-state index contributed by atoms with van der Waals surface area (Å²) in [5.74, 6) is -0.0594. The van der Waals surface area contributed by atoms with Crippen LogP contribution in [0.25, 0.3) is 0 Å². The Hall–Kier alpha value is -1.20. The van der Waals surface area contributed by atoms with Crippen LogP contribution in [-0.2, 0) is 10.0 Å². The van der Waals surface area contributed by atoms with E-state index in [1.165, 1.54) is 26.2 Å². The van der Waals surface area contributed by atoms with E-state index in [0.717, 1.165) is 4.31 Å². The smallest absolute Gasteiger partial charge is 0.242 e. The second-order valence-corrected chi connectivity index (χ2v) is 5.74. The van der Waals surface area contributed by atoms with Gasteiger partial charge in [-0.25, -0.2) is 12.7 Å². The van der Waals surface area contributed by atoms with Gasteiger partial charge in [-0.3, -0.25) is 4.79 Å². The molecule has 0 aliphatic rings. The molecule has 0 aromatic heterocycles. The van der Waals surface area contributed by atoms with Gasteiger partial charge in [-0.05, 0) is 12.1 Å². The minimum Gasteiger partial charge on any atom is -0.294 e. The number of ketones is 1. The van der Waals surface area contributed by atoms with E-state index in [1.54, 1.807) is 19.1 Å². The minimum atomic E-state index is -3.46. The van der Waals surface area contributed by atoms with Crippen molar-refractivity contribution in [2.24, 2.45) is 0 Å². The first-order valence-electron chi connectivity index (χ1n) is 4.95. The molecule has 1 aromatic rings. The van der Waals surface area contributed by atoms with Crippen molar-refractivity contribution < 1.29 is 13.2 Å². The summed E-state index contributed by atoms with van der Waals surface area (Å²) in [6.45, 7) is 1.75. The summed E-state index contributed by atoms with van der Waals surface area (Å²) in [5.41, 5.74) is 0.436. The lowest BCUT2D eigenvalue weighted by molar-refractivity contribution is 0.0988. The molecular weight excluding hydrogens is 226 g/mol. The third kappa shape index (κ3) is 2.48. The molecule has 0 spiro atoms. The molecule has 0 unspecified atom stereocenters. The van der Waals surface area contributed by atoms with Crippen molar-refractivity contribution in [3.05, 3.63) is 29.8 Å². The number of nitrogens with zero attached hydrogens (tertiary/aromatic N) is 1. The number of carbonyl (C=O) groups is 1. The average Bonchev–Trinajstić information content (AvgIpc) is 2.28. The van der Waals surface area contributed by atoms with Crippen LogP contribution in [0.4, 0.5) is 0 Å². The zero-order chi connectivity index (χ0) is 12.3. The first-order valence-corrected chi connectivity index (χ1v) is 6.39. The molecule has 5 heteroatoms. The predicted octanol–water partition coefficient (Wildman–Crippen LogP) is 1.53. The molecule has 0 saturated carbocycles. The lowest BCUT2D eigenvalue weighted by Crippen LogP contribution is -2.22. The topological polar surface area (TPSA) is 54.5 Å². The van der Waals surface area contributed by atoms with Crippen LogP contribution in [0.5, 0.6) is 0 Å². The molecule has 0 bridgehead atoms. The highest BCUT2D eigenvalue weighted by Crippen LogP contribution is 2.15. The van der Waals surface area contributed by atoms with Crippen LogP contribution >= 0.6 is 0 Å². The van der Waals surface area contributed by atoms with Gasteiger partial charge in [0.25, 0.3) is 0 Å². The third-order valence-corrected chi connectivity index (χ3v) is 4.07. The maximum absolute atomic E-state index is 11.8. The van der Waals surface area contributed by atoms with E-state index in [0.29, 0.717) is 12.0 Å². The first kappa shape index (κ1) is 12.9. The van der Waals surface area contributed by atoms with E-state index in [9.17, 15) is 13.2 Å². The largest absolute Gasteiger partial charge is 0.294 e. The highest BCUT2D eigenvalue weighted by atomic mass is 32.2. The number of rotatable bonds is 4. The van der Waals surface area contributed by atoms with Gasteiger partial charge in [-0.1, -0.05) is 19.1 Å². The van der Waals surface area contributed by atoms with E-state index >= 15 is 0 Å². The summed E-state index contributed by atoms with van der Waals surface area (Å²) >= 11 is 0. The summed E-state index contributed by atoms with van der Waals surface area (Å²) in [6, 6.07) is 6.11. The Morgan fingerprint density at radius 1 is 1.31 bits per heavy atom. The van der Waals surface area contributed by atoms with Crippen molar-refractivity contribution in [3.8, 4) is 0 Å². The van der Waals surface area contributed by atoms with Crippen molar-refractivity contribution in [3.63, 3.8) is 0 Å². The monoisotopic (exact) mass is 241 g/mol. The zero-order valence-corrected chi connectivity index (χ0v) is 10.4. The van der Waals surface area contributed by atoms with Crippen molar-refractivity contribution in [1.29, 1.82) is 0 Å². The van der Waals surface area contributed by atoms with Crippen LogP contribution in [0.15, 0.2) is 29.2 Å². The number of hydrogen-bond acceptors (Lipinski definition) is 3. The van der Waals surface area contributed by atoms with Crippen molar-refractivity contribution in [2.45, 2.75) is 18.2 Å². The Kier molecular flexibility index (Phi) is 3.83. The third-order valence-electron chi connectivity index (χ3n) is 2.26. The Morgan fingerprint density at radius 3 is 2.44 bits per heavy atom. The maximum Gasteiger partial charge on any atom is 0.242 e. The molecule has 0 radical (unpaired) electrons. The van der Waals surface area contributed by atoms with Crippen LogP contribution < -0.4 is 0 Å². The Morgan fingerprint density at radius 2 is 1.94 bits per heavy atom. The molecule has 16 heavy (non-hydrogen) atoms. The predicted molar refractivity (Wildman–Crippen MR) is 61.9 cm³/mol. The van der Waals surface area contributed by atoms with Crippen LogP contribution in [0.3, 0.4) is 0 Å². The quantitative estimate of drug-likeness (QED) is 0.751. The minimum absolute atomic E-state index is 0.0594. The highest BCUT2D eigenvalue weighted by Gasteiger charge is 2.18. The molecule has 0 aliphatic heterocycles. The van der Waals surface area contributed by atoms with E-state index in [2.05, 4.69) is 0 Å². The van der Waals surface area contributed by atoms with Gasteiger partial charge < -0.3 is 0 Å². The molecule has 0 aliphatic carbocycles. The summed E-state index contributed by atoms with van der Waals surface area (Å²) in [4.78, 5) is 11.6. The molecule has 88 valence electrons. The van der Waals surface area contributed by atoms with Gasteiger partial charge in [-0.2, -0.15) is 0 Å². The van der Waals surface area contributed by atoms with Gasteiger partial charge in [0.15, 0.2) is 5.78 Å². The molecule has 0 saturated heterocycles. The van der Waals surface area contributed by atoms with Gasteiger partial charge in [0, 0.05) is 26.1 Å². The molecule has 0 N–H and O–H groups in total. The van der Waals surface area contributed by atoms with Gasteiger partial charge in [0.05, 0.1) is 4.90 Å². The van der Waals surface area contributed by atoms with Crippen LogP contribution in [0.2, 0.25) is 0 Å². The van der Waals surface area contributed by atoms with Crippen molar-refractivity contribution in [1.82, 2.24) is 4.31 Å². The second kappa shape index (κ2) is 4.76. The van der Waals surface area contributed by atoms with E-state index in [4.69, 9.17) is 0 Å². The summed E-state index contributed by atoms with van der Waals surface area (Å²) in [5, 5.41) is 0. The highest BCUT2D eigenvalue weighted by molar-refractivity contribution is 7.89.